The van der Waals surface area contributed by atoms with Crippen molar-refractivity contribution >= 4 is 29.1 Å². The highest BCUT2D eigenvalue weighted by Gasteiger charge is 2.18. The van der Waals surface area contributed by atoms with Crippen LogP contribution >= 0.6 is 11.6 Å². The van der Waals surface area contributed by atoms with E-state index in [1.807, 2.05) is 56.3 Å². The van der Waals surface area contributed by atoms with Crippen molar-refractivity contribution in [1.29, 1.82) is 0 Å². The quantitative estimate of drug-likeness (QED) is 0.606. The topological polar surface area (TPSA) is 88.9 Å². The molecule has 30 heavy (non-hydrogen) atoms. The van der Waals surface area contributed by atoms with E-state index in [1.54, 1.807) is 6.92 Å². The second-order valence-corrected chi connectivity index (χ2v) is 7.62. The molecular weight excluding hydrogens is 402 g/mol. The number of halogens is 1. The number of nitrogens with one attached hydrogen (secondary N) is 2. The lowest BCUT2D eigenvalue weighted by molar-refractivity contribution is -0.121. The van der Waals surface area contributed by atoms with E-state index in [0.29, 0.717) is 23.7 Å². The summed E-state index contributed by atoms with van der Waals surface area (Å²) in [5, 5.41) is 14.3. The molecule has 8 heteroatoms. The highest BCUT2D eigenvalue weighted by Crippen LogP contribution is 2.18. The fourth-order valence-corrected chi connectivity index (χ4v) is 3.09. The van der Waals surface area contributed by atoms with E-state index in [9.17, 15) is 9.59 Å². The van der Waals surface area contributed by atoms with Crippen LogP contribution < -0.4 is 10.6 Å². The van der Waals surface area contributed by atoms with Crippen LogP contribution in [-0.2, 0) is 17.8 Å². The smallest absolute Gasteiger partial charge is 0.278 e. The number of amides is 2. The maximum Gasteiger partial charge on any atom is 0.278 e. The molecule has 0 atom stereocenters. The highest BCUT2D eigenvalue weighted by atomic mass is 35.5. The Bertz CT molecular complexity index is 1060. The van der Waals surface area contributed by atoms with Gasteiger partial charge in [-0.25, -0.2) is 4.68 Å². The average molecular weight is 426 g/mol. The fourth-order valence-electron chi connectivity index (χ4n) is 2.96. The average Bonchev–Trinajstić information content (AvgIpc) is 3.06. The molecule has 0 aliphatic rings. The van der Waals surface area contributed by atoms with Gasteiger partial charge in [0.25, 0.3) is 5.91 Å². The van der Waals surface area contributed by atoms with Crippen molar-refractivity contribution < 1.29 is 9.59 Å². The second kappa shape index (κ2) is 9.54. The summed E-state index contributed by atoms with van der Waals surface area (Å²) in [6.07, 6.45) is 0.697. The normalized spacial score (nSPS) is 10.7. The van der Waals surface area contributed by atoms with Gasteiger partial charge in [-0.1, -0.05) is 41.1 Å². The lowest BCUT2D eigenvalue weighted by atomic mass is 10.1. The Morgan fingerprint density at radius 3 is 2.53 bits per heavy atom. The first kappa shape index (κ1) is 21.5. The van der Waals surface area contributed by atoms with Crippen LogP contribution in [0.15, 0.2) is 42.5 Å². The Labute approximate surface area is 180 Å². The van der Waals surface area contributed by atoms with E-state index < -0.39 is 0 Å². The van der Waals surface area contributed by atoms with Gasteiger partial charge in [0.15, 0.2) is 5.69 Å². The highest BCUT2D eigenvalue weighted by molar-refractivity contribution is 6.30. The zero-order valence-corrected chi connectivity index (χ0v) is 18.0. The van der Waals surface area contributed by atoms with Gasteiger partial charge in [0, 0.05) is 17.3 Å². The zero-order chi connectivity index (χ0) is 21.7. The molecule has 1 aromatic heterocycles. The number of anilines is 1. The lowest BCUT2D eigenvalue weighted by Gasteiger charge is -2.09. The Hall–Kier alpha value is -3.19. The molecule has 0 saturated heterocycles. The maximum absolute atomic E-state index is 12.6. The number of carbonyl (C=O) groups excluding carboxylic acids is 2. The van der Waals surface area contributed by atoms with Gasteiger partial charge in [-0.3, -0.25) is 9.59 Å². The third-order valence-electron chi connectivity index (χ3n) is 4.78. The van der Waals surface area contributed by atoms with Crippen molar-refractivity contribution in [2.75, 3.05) is 11.9 Å². The second-order valence-electron chi connectivity index (χ2n) is 7.18. The van der Waals surface area contributed by atoms with Crippen LogP contribution in [0.3, 0.4) is 0 Å². The van der Waals surface area contributed by atoms with Crippen LogP contribution in [0.2, 0.25) is 5.02 Å². The van der Waals surface area contributed by atoms with Gasteiger partial charge in [0.05, 0.1) is 5.69 Å². The molecule has 0 bridgehead atoms. The number of hydrogen-bond donors (Lipinski definition) is 2. The van der Waals surface area contributed by atoms with Gasteiger partial charge in [0.2, 0.25) is 5.91 Å². The first-order valence-electron chi connectivity index (χ1n) is 9.63. The van der Waals surface area contributed by atoms with E-state index in [1.165, 1.54) is 4.68 Å². The molecule has 0 saturated carbocycles. The molecule has 156 valence electrons. The fraction of sp³-hybridized carbons (Fsp3) is 0.273. The lowest BCUT2D eigenvalue weighted by Crippen LogP contribution is -2.30. The molecule has 3 aromatic rings. The molecular formula is C22H24ClN5O2. The number of aromatic nitrogens is 3. The van der Waals surface area contributed by atoms with Crippen LogP contribution in [-0.4, -0.2) is 33.4 Å². The maximum atomic E-state index is 12.6. The van der Waals surface area contributed by atoms with Gasteiger partial charge >= 0.3 is 0 Å². The van der Waals surface area contributed by atoms with E-state index in [2.05, 4.69) is 20.9 Å². The third kappa shape index (κ3) is 5.45. The molecule has 0 radical (unpaired) electrons. The number of aryl methyl sites for hydroxylation is 2. The number of hydrogen-bond acceptors (Lipinski definition) is 4. The summed E-state index contributed by atoms with van der Waals surface area (Å²) >= 11 is 5.87. The third-order valence-corrected chi connectivity index (χ3v) is 5.03. The Balaban J connectivity index is 1.56. The molecule has 2 aromatic carbocycles. The molecule has 0 aliphatic heterocycles. The monoisotopic (exact) mass is 425 g/mol. The van der Waals surface area contributed by atoms with Crippen LogP contribution in [0.1, 0.15) is 32.9 Å². The van der Waals surface area contributed by atoms with Crippen LogP contribution in [0.4, 0.5) is 5.69 Å². The number of rotatable bonds is 7. The van der Waals surface area contributed by atoms with E-state index in [4.69, 9.17) is 11.6 Å². The standard InChI is InChI=1S/C22H24ClN5O2/c1-14-4-5-15(2)19(12-14)25-22(30)21-16(3)28(27-26-21)13-20(29)24-11-10-17-6-8-18(23)9-7-17/h4-9,12H,10-11,13H2,1-3H3,(H,24,29)(H,25,30). The summed E-state index contributed by atoms with van der Waals surface area (Å²) in [6.45, 7) is 6.10. The number of nitrogens with zero attached hydrogens (tertiary/aromatic N) is 3. The van der Waals surface area contributed by atoms with Gasteiger partial charge in [-0.05, 0) is 62.1 Å². The van der Waals surface area contributed by atoms with Crippen molar-refractivity contribution in [2.45, 2.75) is 33.7 Å². The SMILES string of the molecule is Cc1ccc(C)c(NC(=O)c2nnn(CC(=O)NCCc3ccc(Cl)cc3)c2C)c1. The van der Waals surface area contributed by atoms with Crippen molar-refractivity contribution in [3.63, 3.8) is 0 Å². The molecule has 1 heterocycles. The van der Waals surface area contributed by atoms with E-state index in [-0.39, 0.29) is 24.1 Å². The minimum absolute atomic E-state index is 0.00377. The summed E-state index contributed by atoms with van der Waals surface area (Å²) in [4.78, 5) is 24.9. The predicted molar refractivity (Wildman–Crippen MR) is 117 cm³/mol. The summed E-state index contributed by atoms with van der Waals surface area (Å²) in [5.41, 5.74) is 4.55. The van der Waals surface area contributed by atoms with E-state index >= 15 is 0 Å². The summed E-state index contributed by atoms with van der Waals surface area (Å²) < 4.78 is 1.43. The molecule has 0 unspecified atom stereocenters. The Morgan fingerprint density at radius 1 is 1.07 bits per heavy atom. The van der Waals surface area contributed by atoms with Crippen molar-refractivity contribution in [3.05, 3.63) is 75.6 Å². The minimum Gasteiger partial charge on any atom is -0.354 e. The molecule has 0 spiro atoms. The van der Waals surface area contributed by atoms with Crippen molar-refractivity contribution in [2.24, 2.45) is 0 Å². The molecule has 2 N–H and O–H groups in total. The molecule has 0 fully saturated rings. The Kier molecular flexibility index (Phi) is 6.84. The summed E-state index contributed by atoms with van der Waals surface area (Å²) in [6, 6.07) is 13.3. The van der Waals surface area contributed by atoms with Crippen LogP contribution in [0.5, 0.6) is 0 Å². The minimum atomic E-state index is -0.351. The van der Waals surface area contributed by atoms with Crippen LogP contribution in [0.25, 0.3) is 0 Å². The first-order chi connectivity index (χ1) is 14.3. The predicted octanol–water partition coefficient (Wildman–Crippen LogP) is 3.47. The molecule has 7 nitrogen and oxygen atoms in total. The number of benzene rings is 2. The van der Waals surface area contributed by atoms with Gasteiger partial charge in [-0.2, -0.15) is 0 Å². The zero-order valence-electron chi connectivity index (χ0n) is 17.2. The van der Waals surface area contributed by atoms with E-state index in [0.717, 1.165) is 22.4 Å². The van der Waals surface area contributed by atoms with Crippen molar-refractivity contribution in [1.82, 2.24) is 20.3 Å². The first-order valence-corrected chi connectivity index (χ1v) is 10.0. The molecule has 3 rings (SSSR count). The van der Waals surface area contributed by atoms with Crippen molar-refractivity contribution in [3.8, 4) is 0 Å². The molecule has 2 amide bonds. The van der Waals surface area contributed by atoms with Crippen LogP contribution in [0, 0.1) is 20.8 Å². The largest absolute Gasteiger partial charge is 0.354 e. The Morgan fingerprint density at radius 2 is 1.80 bits per heavy atom. The molecule has 0 aliphatic carbocycles. The van der Waals surface area contributed by atoms with Gasteiger partial charge < -0.3 is 10.6 Å². The summed E-state index contributed by atoms with van der Waals surface area (Å²) in [7, 11) is 0. The number of carbonyl (C=O) groups is 2. The van der Waals surface area contributed by atoms with Gasteiger partial charge in [-0.15, -0.1) is 5.10 Å². The summed E-state index contributed by atoms with van der Waals surface area (Å²) in [5.74, 6) is -0.547. The van der Waals surface area contributed by atoms with Gasteiger partial charge in [0.1, 0.15) is 6.54 Å².